The van der Waals surface area contributed by atoms with Crippen LogP contribution in [0.15, 0.2) is 24.3 Å². The van der Waals surface area contributed by atoms with Gasteiger partial charge in [-0.3, -0.25) is 0 Å². The summed E-state index contributed by atoms with van der Waals surface area (Å²) in [6.07, 6.45) is -1.24. The van der Waals surface area contributed by atoms with Gasteiger partial charge in [0.05, 0.1) is 0 Å². The maximum atomic E-state index is 8.63. The van der Waals surface area contributed by atoms with E-state index in [0.717, 1.165) is 5.56 Å². The van der Waals surface area contributed by atoms with Crippen molar-refractivity contribution in [3.63, 3.8) is 0 Å². The van der Waals surface area contributed by atoms with Gasteiger partial charge in [-0.15, -0.1) is 0 Å². The van der Waals surface area contributed by atoms with E-state index in [1.807, 2.05) is 19.1 Å². The van der Waals surface area contributed by atoms with E-state index in [-0.39, 0.29) is 0 Å². The van der Waals surface area contributed by atoms with Gasteiger partial charge in [-0.05, 0) is 19.1 Å². The molecular formula is C8H9BO2. The molecule has 1 atom stereocenters. The summed E-state index contributed by atoms with van der Waals surface area (Å²) in [6.45, 7) is 1.97. The van der Waals surface area contributed by atoms with Crippen LogP contribution in [0, 0.1) is 6.92 Å². The van der Waals surface area contributed by atoms with Crippen LogP contribution in [0.2, 0.25) is 0 Å². The highest BCUT2D eigenvalue weighted by Crippen LogP contribution is 2.11. The molecule has 0 saturated carbocycles. The third kappa shape index (κ3) is 2.64. The zero-order chi connectivity index (χ0) is 8.27. The molecule has 1 unspecified atom stereocenters. The summed E-state index contributed by atoms with van der Waals surface area (Å²) < 4.78 is 4.80. The SMILES string of the molecule is [B]C(O)Oc1ccc(C)cc1. The highest BCUT2D eigenvalue weighted by atomic mass is 16.6. The molecule has 0 aliphatic carbocycles. The number of hydrogen-bond acceptors (Lipinski definition) is 2. The van der Waals surface area contributed by atoms with Gasteiger partial charge >= 0.3 is 0 Å². The first kappa shape index (κ1) is 8.14. The molecule has 1 aromatic rings. The molecule has 0 bridgehead atoms. The smallest absolute Gasteiger partial charge is 0.167 e. The van der Waals surface area contributed by atoms with Crippen molar-refractivity contribution in [1.82, 2.24) is 0 Å². The molecule has 56 valence electrons. The van der Waals surface area contributed by atoms with Gasteiger partial charge in [0, 0.05) is 0 Å². The third-order valence-corrected chi connectivity index (χ3v) is 1.28. The first-order valence-electron chi connectivity index (χ1n) is 3.35. The molecule has 0 aliphatic rings. The molecule has 0 saturated heterocycles. The van der Waals surface area contributed by atoms with E-state index in [1.165, 1.54) is 0 Å². The summed E-state index contributed by atoms with van der Waals surface area (Å²) in [6, 6.07) is 7.28. The Kier molecular flexibility index (Phi) is 2.55. The summed E-state index contributed by atoms with van der Waals surface area (Å²) in [4.78, 5) is 0. The Bertz CT molecular complexity index is 218. The van der Waals surface area contributed by atoms with Gasteiger partial charge in [0.1, 0.15) is 11.9 Å². The minimum Gasteiger partial charge on any atom is -0.475 e. The van der Waals surface area contributed by atoms with E-state index >= 15 is 0 Å². The topological polar surface area (TPSA) is 29.5 Å². The predicted molar refractivity (Wildman–Crippen MR) is 43.6 cm³/mol. The Morgan fingerprint density at radius 2 is 1.91 bits per heavy atom. The van der Waals surface area contributed by atoms with Crippen molar-refractivity contribution >= 4 is 7.85 Å². The van der Waals surface area contributed by atoms with Gasteiger partial charge < -0.3 is 9.84 Å². The summed E-state index contributed by atoms with van der Waals surface area (Å²) in [7, 11) is 5.00. The van der Waals surface area contributed by atoms with E-state index in [9.17, 15) is 0 Å². The van der Waals surface area contributed by atoms with E-state index in [1.54, 1.807) is 12.1 Å². The molecule has 2 nitrogen and oxygen atoms in total. The van der Waals surface area contributed by atoms with Gasteiger partial charge in [0.15, 0.2) is 7.85 Å². The van der Waals surface area contributed by atoms with Crippen molar-refractivity contribution in [3.05, 3.63) is 29.8 Å². The Labute approximate surface area is 67.2 Å². The Balaban J connectivity index is 2.66. The molecule has 2 radical (unpaired) electrons. The number of rotatable bonds is 2. The molecule has 0 spiro atoms. The highest BCUT2D eigenvalue weighted by Gasteiger charge is 1.95. The van der Waals surface area contributed by atoms with Gasteiger partial charge in [-0.2, -0.15) is 0 Å². The second-order valence-corrected chi connectivity index (χ2v) is 2.32. The van der Waals surface area contributed by atoms with Crippen molar-refractivity contribution in [1.29, 1.82) is 0 Å². The average Bonchev–Trinajstić information content (AvgIpc) is 1.93. The van der Waals surface area contributed by atoms with Gasteiger partial charge in [0.2, 0.25) is 0 Å². The molecule has 0 heterocycles. The monoisotopic (exact) mass is 148 g/mol. The van der Waals surface area contributed by atoms with Crippen LogP contribution in [0.5, 0.6) is 5.75 Å². The summed E-state index contributed by atoms with van der Waals surface area (Å²) in [5.74, 6) is 0.575. The molecule has 0 fully saturated rings. The molecule has 1 rings (SSSR count). The van der Waals surface area contributed by atoms with Crippen molar-refractivity contribution in [2.45, 2.75) is 13.1 Å². The molecule has 0 amide bonds. The molecular weight excluding hydrogens is 139 g/mol. The predicted octanol–water partition coefficient (Wildman–Crippen LogP) is 0.818. The van der Waals surface area contributed by atoms with Crippen molar-refractivity contribution in [2.75, 3.05) is 0 Å². The molecule has 3 heteroatoms. The fourth-order valence-corrected chi connectivity index (χ4v) is 0.756. The maximum Gasteiger partial charge on any atom is 0.167 e. The zero-order valence-corrected chi connectivity index (χ0v) is 6.32. The van der Waals surface area contributed by atoms with Crippen LogP contribution in [-0.4, -0.2) is 19.1 Å². The summed E-state index contributed by atoms with van der Waals surface area (Å²) >= 11 is 0. The van der Waals surface area contributed by atoms with Gasteiger partial charge in [-0.25, -0.2) is 0 Å². The molecule has 1 aromatic carbocycles. The number of ether oxygens (including phenoxy) is 1. The lowest BCUT2D eigenvalue weighted by Gasteiger charge is -2.08. The first-order chi connectivity index (χ1) is 5.18. The lowest BCUT2D eigenvalue weighted by molar-refractivity contribution is 0.0547. The van der Waals surface area contributed by atoms with E-state index < -0.39 is 6.19 Å². The van der Waals surface area contributed by atoms with Crippen molar-refractivity contribution in [3.8, 4) is 5.75 Å². The second-order valence-electron chi connectivity index (χ2n) is 2.32. The maximum absolute atomic E-state index is 8.63. The third-order valence-electron chi connectivity index (χ3n) is 1.28. The fraction of sp³-hybridized carbons (Fsp3) is 0.250. The molecule has 0 aliphatic heterocycles. The number of aliphatic hydroxyl groups is 1. The Morgan fingerprint density at radius 1 is 1.36 bits per heavy atom. The average molecular weight is 148 g/mol. The molecule has 1 N–H and O–H groups in total. The van der Waals surface area contributed by atoms with Crippen molar-refractivity contribution < 1.29 is 9.84 Å². The number of aliphatic hydroxyl groups excluding tert-OH is 1. The zero-order valence-electron chi connectivity index (χ0n) is 6.32. The van der Waals surface area contributed by atoms with Crippen molar-refractivity contribution in [2.24, 2.45) is 0 Å². The van der Waals surface area contributed by atoms with Crippen LogP contribution < -0.4 is 4.74 Å². The minimum absolute atomic E-state index is 0.575. The Hall–Kier alpha value is -0.955. The number of benzene rings is 1. The van der Waals surface area contributed by atoms with Crippen LogP contribution in [0.3, 0.4) is 0 Å². The van der Waals surface area contributed by atoms with E-state index in [2.05, 4.69) is 0 Å². The lowest BCUT2D eigenvalue weighted by atomic mass is 10.1. The van der Waals surface area contributed by atoms with Gasteiger partial charge in [-0.1, -0.05) is 17.7 Å². The summed E-state index contributed by atoms with van der Waals surface area (Å²) in [5, 5.41) is 8.63. The van der Waals surface area contributed by atoms with Gasteiger partial charge in [0.25, 0.3) is 0 Å². The normalized spacial score (nSPS) is 12.5. The van der Waals surface area contributed by atoms with E-state index in [4.69, 9.17) is 17.7 Å². The van der Waals surface area contributed by atoms with E-state index in [0.29, 0.717) is 5.75 Å². The van der Waals surface area contributed by atoms with Crippen LogP contribution in [-0.2, 0) is 0 Å². The quantitative estimate of drug-likeness (QED) is 0.496. The number of hydrogen-bond donors (Lipinski definition) is 1. The lowest BCUT2D eigenvalue weighted by Crippen LogP contribution is -2.14. The molecule has 11 heavy (non-hydrogen) atoms. The number of aryl methyl sites for hydroxylation is 1. The highest BCUT2D eigenvalue weighted by molar-refractivity contribution is 6.09. The fourth-order valence-electron chi connectivity index (χ4n) is 0.756. The van der Waals surface area contributed by atoms with Crippen LogP contribution >= 0.6 is 0 Å². The standard InChI is InChI=1S/C8H9BO2/c1-6-2-4-7(5-3-6)11-8(9)10/h2-5,8,10H,1H3. The molecule has 0 aromatic heterocycles. The first-order valence-corrected chi connectivity index (χ1v) is 3.35. The largest absolute Gasteiger partial charge is 0.475 e. The Morgan fingerprint density at radius 3 is 2.36 bits per heavy atom. The second kappa shape index (κ2) is 3.44. The van der Waals surface area contributed by atoms with Crippen LogP contribution in [0.1, 0.15) is 5.56 Å². The summed E-state index contributed by atoms with van der Waals surface area (Å²) in [5.41, 5.74) is 1.14. The van der Waals surface area contributed by atoms with Crippen LogP contribution in [0.25, 0.3) is 0 Å². The van der Waals surface area contributed by atoms with Crippen LogP contribution in [0.4, 0.5) is 0 Å². The minimum atomic E-state index is -1.24.